The van der Waals surface area contributed by atoms with E-state index in [0.29, 0.717) is 5.69 Å². The van der Waals surface area contributed by atoms with Gasteiger partial charge in [0.25, 0.3) is 15.6 Å². The van der Waals surface area contributed by atoms with Gasteiger partial charge in [-0.05, 0) is 31.3 Å². The molecule has 0 saturated carbocycles. The Morgan fingerprint density at radius 2 is 1.86 bits per heavy atom. The van der Waals surface area contributed by atoms with Gasteiger partial charge in [0.2, 0.25) is 0 Å². The fourth-order valence-corrected chi connectivity index (χ4v) is 2.63. The van der Waals surface area contributed by atoms with E-state index in [0.717, 1.165) is 11.8 Å². The van der Waals surface area contributed by atoms with Crippen molar-refractivity contribution in [2.24, 2.45) is 0 Å². The average molecular weight is 340 g/mol. The van der Waals surface area contributed by atoms with Gasteiger partial charge in [-0.15, -0.1) is 0 Å². The smallest absolute Gasteiger partial charge is 0.333 e. The molecule has 0 fully saturated rings. The third-order valence-electron chi connectivity index (χ3n) is 2.61. The van der Waals surface area contributed by atoms with Crippen LogP contribution in [0.3, 0.4) is 0 Å². The number of benzene rings is 1. The predicted octanol–water partition coefficient (Wildman–Crippen LogP) is 1.25. The van der Waals surface area contributed by atoms with E-state index in [-0.39, 0.29) is 4.77 Å². The highest BCUT2D eigenvalue weighted by Gasteiger charge is 2.21. The predicted molar refractivity (Wildman–Crippen MR) is 82.8 cm³/mol. The SMILES string of the molecule is Cc1ccc(NC(=O)NS(=O)(=O)c2c[nH]c(=S)[nH]c2=O)cc1. The van der Waals surface area contributed by atoms with Crippen molar-refractivity contribution in [3.05, 3.63) is 51.2 Å². The minimum absolute atomic E-state index is 0.0203. The molecule has 116 valence electrons. The Morgan fingerprint density at radius 1 is 1.23 bits per heavy atom. The molecule has 0 unspecified atom stereocenters. The summed E-state index contributed by atoms with van der Waals surface area (Å²) >= 11 is 4.66. The number of amides is 2. The number of anilines is 1. The van der Waals surface area contributed by atoms with Crippen LogP contribution in [0.2, 0.25) is 0 Å². The van der Waals surface area contributed by atoms with Crippen molar-refractivity contribution in [2.75, 3.05) is 5.32 Å². The summed E-state index contributed by atoms with van der Waals surface area (Å²) in [5.41, 5.74) is 0.490. The molecule has 0 radical (unpaired) electrons. The van der Waals surface area contributed by atoms with Gasteiger partial charge in [0.15, 0.2) is 9.67 Å². The molecule has 8 nitrogen and oxygen atoms in total. The fraction of sp³-hybridized carbons (Fsp3) is 0.0833. The fourth-order valence-electron chi connectivity index (χ4n) is 1.57. The highest BCUT2D eigenvalue weighted by molar-refractivity contribution is 7.90. The van der Waals surface area contributed by atoms with Crippen LogP contribution in [0.15, 0.2) is 40.2 Å². The van der Waals surface area contributed by atoms with Crippen LogP contribution in [0.5, 0.6) is 0 Å². The van der Waals surface area contributed by atoms with Gasteiger partial charge in [-0.2, -0.15) is 0 Å². The molecule has 0 bridgehead atoms. The van der Waals surface area contributed by atoms with Gasteiger partial charge in [-0.25, -0.2) is 17.9 Å². The summed E-state index contributed by atoms with van der Waals surface area (Å²) in [5.74, 6) is 0. The summed E-state index contributed by atoms with van der Waals surface area (Å²) < 4.78 is 25.7. The van der Waals surface area contributed by atoms with Crippen molar-refractivity contribution in [3.8, 4) is 0 Å². The number of aromatic nitrogens is 2. The number of rotatable bonds is 3. The second-order valence-corrected chi connectivity index (χ2v) is 6.42. The van der Waals surface area contributed by atoms with Gasteiger partial charge in [-0.1, -0.05) is 17.7 Å². The van der Waals surface area contributed by atoms with Crippen LogP contribution >= 0.6 is 12.2 Å². The lowest BCUT2D eigenvalue weighted by Gasteiger charge is -2.08. The third kappa shape index (κ3) is 3.80. The first-order valence-corrected chi connectivity index (χ1v) is 7.89. The van der Waals surface area contributed by atoms with Gasteiger partial charge >= 0.3 is 6.03 Å². The Labute approximate surface area is 130 Å². The first kappa shape index (κ1) is 15.9. The molecular formula is C12H12N4O4S2. The lowest BCUT2D eigenvalue weighted by molar-refractivity contribution is 0.256. The maximum absolute atomic E-state index is 12.0. The number of carbonyl (C=O) groups excluding carboxylic acids is 1. The van der Waals surface area contributed by atoms with Crippen molar-refractivity contribution < 1.29 is 13.2 Å². The van der Waals surface area contributed by atoms with E-state index in [1.54, 1.807) is 29.0 Å². The van der Waals surface area contributed by atoms with Crippen molar-refractivity contribution in [3.63, 3.8) is 0 Å². The summed E-state index contributed by atoms with van der Waals surface area (Å²) in [6.07, 6.45) is 0.919. The van der Waals surface area contributed by atoms with Gasteiger partial charge in [0, 0.05) is 11.9 Å². The van der Waals surface area contributed by atoms with E-state index in [1.807, 2.05) is 6.92 Å². The molecule has 2 amide bonds. The number of aromatic amines is 2. The Bertz CT molecular complexity index is 913. The normalized spacial score (nSPS) is 11.0. The average Bonchev–Trinajstić information content (AvgIpc) is 2.40. The van der Waals surface area contributed by atoms with Crippen molar-refractivity contribution in [2.45, 2.75) is 11.8 Å². The summed E-state index contributed by atoms with van der Waals surface area (Å²) in [5, 5.41) is 2.35. The van der Waals surface area contributed by atoms with Crippen LogP contribution < -0.4 is 15.6 Å². The van der Waals surface area contributed by atoms with Crippen LogP contribution in [0.25, 0.3) is 0 Å². The molecule has 0 aliphatic heterocycles. The lowest BCUT2D eigenvalue weighted by Crippen LogP contribution is -2.37. The van der Waals surface area contributed by atoms with Gasteiger partial charge in [0.05, 0.1) is 0 Å². The van der Waals surface area contributed by atoms with Crippen LogP contribution in [-0.2, 0) is 10.0 Å². The maximum atomic E-state index is 12.0. The number of sulfonamides is 1. The summed E-state index contributed by atoms with van der Waals surface area (Å²) in [6, 6.07) is 5.77. The van der Waals surface area contributed by atoms with Crippen molar-refractivity contribution >= 4 is 34.0 Å². The first-order chi connectivity index (χ1) is 10.3. The molecule has 1 aromatic carbocycles. The summed E-state index contributed by atoms with van der Waals surface area (Å²) in [7, 11) is -4.32. The first-order valence-electron chi connectivity index (χ1n) is 6.00. The molecule has 0 saturated heterocycles. The molecule has 10 heteroatoms. The van der Waals surface area contributed by atoms with E-state index >= 15 is 0 Å². The Balaban J connectivity index is 2.17. The number of nitrogens with one attached hydrogen (secondary N) is 4. The Hall–Kier alpha value is -2.46. The van der Waals surface area contributed by atoms with Crippen LogP contribution in [0.1, 0.15) is 5.56 Å². The largest absolute Gasteiger partial charge is 0.337 e. The molecule has 1 heterocycles. The summed E-state index contributed by atoms with van der Waals surface area (Å²) in [4.78, 5) is 27.2. The van der Waals surface area contributed by atoms with Crippen LogP contribution in [-0.4, -0.2) is 24.4 Å². The number of aryl methyl sites for hydroxylation is 1. The lowest BCUT2D eigenvalue weighted by atomic mass is 10.2. The quantitative estimate of drug-likeness (QED) is 0.626. The summed E-state index contributed by atoms with van der Waals surface area (Å²) in [6.45, 7) is 1.87. The van der Waals surface area contributed by atoms with E-state index in [9.17, 15) is 18.0 Å². The Morgan fingerprint density at radius 3 is 2.45 bits per heavy atom. The number of carbonyl (C=O) groups is 1. The molecule has 2 rings (SSSR count). The molecule has 2 aromatic rings. The number of H-pyrrole nitrogens is 2. The van der Waals surface area contributed by atoms with Crippen molar-refractivity contribution in [1.29, 1.82) is 0 Å². The van der Waals surface area contributed by atoms with Gasteiger partial charge < -0.3 is 10.3 Å². The monoisotopic (exact) mass is 340 g/mol. The van der Waals surface area contributed by atoms with Crippen LogP contribution in [0.4, 0.5) is 10.5 Å². The zero-order valence-electron chi connectivity index (χ0n) is 11.3. The van der Waals surface area contributed by atoms with Crippen LogP contribution in [0, 0.1) is 11.7 Å². The molecule has 0 atom stereocenters. The van der Waals surface area contributed by atoms with E-state index in [4.69, 9.17) is 0 Å². The Kier molecular flexibility index (Phi) is 4.43. The molecule has 0 aliphatic rings. The van der Waals surface area contributed by atoms with Gasteiger partial charge in [-0.3, -0.25) is 9.78 Å². The van der Waals surface area contributed by atoms with E-state index < -0.39 is 26.5 Å². The number of hydrogen-bond donors (Lipinski definition) is 4. The molecule has 1 aromatic heterocycles. The highest BCUT2D eigenvalue weighted by atomic mass is 32.2. The minimum atomic E-state index is -4.32. The molecule has 0 spiro atoms. The number of hydrogen-bond acceptors (Lipinski definition) is 5. The zero-order valence-corrected chi connectivity index (χ0v) is 13.0. The number of urea groups is 1. The van der Waals surface area contributed by atoms with E-state index in [2.05, 4.69) is 27.5 Å². The highest BCUT2D eigenvalue weighted by Crippen LogP contribution is 2.08. The van der Waals surface area contributed by atoms with Crippen molar-refractivity contribution in [1.82, 2.24) is 14.7 Å². The molecular weight excluding hydrogens is 328 g/mol. The maximum Gasteiger partial charge on any atom is 0.333 e. The third-order valence-corrected chi connectivity index (χ3v) is 4.17. The second-order valence-electron chi connectivity index (χ2n) is 4.36. The molecule has 0 aliphatic carbocycles. The topological polar surface area (TPSA) is 124 Å². The second kappa shape index (κ2) is 6.12. The zero-order chi connectivity index (χ0) is 16.3. The molecule has 22 heavy (non-hydrogen) atoms. The standard InChI is InChI=1S/C12H12N4O4S2/c1-7-2-4-8(5-3-7)14-11(18)16-22(19,20)9-6-13-12(21)15-10(9)17/h2-6H,1H3,(H2,14,16,18)(H2,13,15,17,21). The van der Waals surface area contributed by atoms with Gasteiger partial charge in [0.1, 0.15) is 0 Å². The minimum Gasteiger partial charge on any atom is -0.337 e. The van der Waals surface area contributed by atoms with E-state index in [1.165, 1.54) is 0 Å². The molecule has 4 N–H and O–H groups in total.